The summed E-state index contributed by atoms with van der Waals surface area (Å²) in [5.41, 5.74) is 0.753. The van der Waals surface area contributed by atoms with E-state index in [0.29, 0.717) is 18.2 Å². The molecule has 1 aromatic heterocycles. The van der Waals surface area contributed by atoms with Crippen molar-refractivity contribution in [2.24, 2.45) is 0 Å². The third-order valence-corrected chi connectivity index (χ3v) is 2.74. The lowest BCUT2D eigenvalue weighted by Gasteiger charge is -2.09. The number of nitrogens with zero attached hydrogens (tertiary/aromatic N) is 2. The Kier molecular flexibility index (Phi) is 4.55. The lowest BCUT2D eigenvalue weighted by atomic mass is 10.3. The molecule has 1 aromatic carbocycles. The molecular weight excluding hydrogens is 272 g/mol. The van der Waals surface area contributed by atoms with E-state index in [2.05, 4.69) is 15.6 Å². The van der Waals surface area contributed by atoms with Gasteiger partial charge < -0.3 is 15.4 Å². The Morgan fingerprint density at radius 3 is 2.48 bits per heavy atom. The molecule has 0 atom stereocenters. The molecule has 1 heterocycles. The highest BCUT2D eigenvalue weighted by Crippen LogP contribution is 2.24. The van der Waals surface area contributed by atoms with Gasteiger partial charge in [-0.15, -0.1) is 0 Å². The highest BCUT2D eigenvalue weighted by atomic mass is 16.6. The number of anilines is 3. The predicted octanol–water partition coefficient (Wildman–Crippen LogP) is 3.17. The van der Waals surface area contributed by atoms with Gasteiger partial charge in [-0.2, -0.15) is 0 Å². The summed E-state index contributed by atoms with van der Waals surface area (Å²) in [5.74, 6) is 1.61. The first-order valence-electron chi connectivity index (χ1n) is 6.44. The molecule has 110 valence electrons. The molecule has 7 heteroatoms. The molecule has 0 aliphatic heterocycles. The standard InChI is InChI=1S/C14H16N4O3/c1-3-15-13-8-11(18(19)20)9-14(17-13)16-10-4-6-12(21-2)7-5-10/h4-9H,3H2,1-2H3,(H2,15,16,17). The molecule has 2 rings (SSSR count). The Labute approximate surface area is 122 Å². The van der Waals surface area contributed by atoms with Crippen LogP contribution < -0.4 is 15.4 Å². The van der Waals surface area contributed by atoms with Crippen LogP contribution in [0.4, 0.5) is 23.0 Å². The normalized spacial score (nSPS) is 10.0. The number of hydrogen-bond donors (Lipinski definition) is 2. The van der Waals surface area contributed by atoms with Crippen LogP contribution in [0.1, 0.15) is 6.92 Å². The van der Waals surface area contributed by atoms with E-state index in [1.165, 1.54) is 12.1 Å². The zero-order valence-electron chi connectivity index (χ0n) is 11.8. The zero-order valence-corrected chi connectivity index (χ0v) is 11.8. The molecule has 0 radical (unpaired) electrons. The van der Waals surface area contributed by atoms with Crippen molar-refractivity contribution in [3.05, 3.63) is 46.5 Å². The molecule has 0 unspecified atom stereocenters. The average Bonchev–Trinajstić information content (AvgIpc) is 2.48. The maximum Gasteiger partial charge on any atom is 0.276 e. The molecule has 7 nitrogen and oxygen atoms in total. The highest BCUT2D eigenvalue weighted by molar-refractivity contribution is 5.62. The number of nitrogens with one attached hydrogen (secondary N) is 2. The maximum absolute atomic E-state index is 11.0. The van der Waals surface area contributed by atoms with Gasteiger partial charge in [0.1, 0.15) is 17.4 Å². The summed E-state index contributed by atoms with van der Waals surface area (Å²) in [4.78, 5) is 14.8. The van der Waals surface area contributed by atoms with Crippen LogP contribution >= 0.6 is 0 Å². The van der Waals surface area contributed by atoms with Crippen LogP contribution in [0.2, 0.25) is 0 Å². The van der Waals surface area contributed by atoms with Crippen molar-refractivity contribution < 1.29 is 9.66 Å². The van der Waals surface area contributed by atoms with Crippen molar-refractivity contribution in [2.45, 2.75) is 6.92 Å². The Morgan fingerprint density at radius 1 is 1.24 bits per heavy atom. The molecule has 0 bridgehead atoms. The number of pyridine rings is 1. The third-order valence-electron chi connectivity index (χ3n) is 2.74. The van der Waals surface area contributed by atoms with E-state index in [-0.39, 0.29) is 5.69 Å². The van der Waals surface area contributed by atoms with Crippen LogP contribution in [0.3, 0.4) is 0 Å². The summed E-state index contributed by atoms with van der Waals surface area (Å²) >= 11 is 0. The van der Waals surface area contributed by atoms with E-state index >= 15 is 0 Å². The fraction of sp³-hybridized carbons (Fsp3) is 0.214. The van der Waals surface area contributed by atoms with E-state index in [1.807, 2.05) is 19.1 Å². The SMILES string of the molecule is CCNc1cc([N+](=O)[O-])cc(Nc2ccc(OC)cc2)n1. The monoisotopic (exact) mass is 288 g/mol. The number of rotatable bonds is 6. The zero-order chi connectivity index (χ0) is 15.2. The van der Waals surface area contributed by atoms with Crippen molar-refractivity contribution in [1.29, 1.82) is 0 Å². The van der Waals surface area contributed by atoms with Crippen LogP contribution in [-0.2, 0) is 0 Å². The molecule has 0 saturated carbocycles. The number of hydrogen-bond acceptors (Lipinski definition) is 6. The molecule has 2 N–H and O–H groups in total. The average molecular weight is 288 g/mol. The number of ether oxygens (including phenoxy) is 1. The number of benzene rings is 1. The lowest BCUT2D eigenvalue weighted by molar-refractivity contribution is -0.384. The van der Waals surface area contributed by atoms with Crippen molar-refractivity contribution in [1.82, 2.24) is 4.98 Å². The fourth-order valence-corrected chi connectivity index (χ4v) is 1.78. The quantitative estimate of drug-likeness (QED) is 0.627. The second-order valence-corrected chi connectivity index (χ2v) is 4.24. The second kappa shape index (κ2) is 6.56. The molecular formula is C14H16N4O3. The predicted molar refractivity (Wildman–Crippen MR) is 81.3 cm³/mol. The smallest absolute Gasteiger partial charge is 0.276 e. The molecule has 0 aliphatic rings. The van der Waals surface area contributed by atoms with Gasteiger partial charge in [-0.3, -0.25) is 10.1 Å². The van der Waals surface area contributed by atoms with Gasteiger partial charge in [-0.25, -0.2) is 4.98 Å². The first-order chi connectivity index (χ1) is 10.1. The highest BCUT2D eigenvalue weighted by Gasteiger charge is 2.11. The van der Waals surface area contributed by atoms with E-state index in [4.69, 9.17) is 4.74 Å². The van der Waals surface area contributed by atoms with Gasteiger partial charge >= 0.3 is 0 Å². The Morgan fingerprint density at radius 2 is 1.90 bits per heavy atom. The van der Waals surface area contributed by atoms with Gasteiger partial charge in [0.25, 0.3) is 5.69 Å². The van der Waals surface area contributed by atoms with Crippen molar-refractivity contribution >= 4 is 23.0 Å². The molecule has 0 spiro atoms. The maximum atomic E-state index is 11.0. The first-order valence-corrected chi connectivity index (χ1v) is 6.44. The van der Waals surface area contributed by atoms with Crippen molar-refractivity contribution in [2.75, 3.05) is 24.3 Å². The minimum absolute atomic E-state index is 0.0167. The van der Waals surface area contributed by atoms with E-state index < -0.39 is 4.92 Å². The van der Waals surface area contributed by atoms with Gasteiger partial charge in [0.15, 0.2) is 0 Å². The van der Waals surface area contributed by atoms with E-state index in [1.54, 1.807) is 19.2 Å². The summed E-state index contributed by atoms with van der Waals surface area (Å²) in [6.45, 7) is 2.53. The van der Waals surface area contributed by atoms with E-state index in [0.717, 1.165) is 11.4 Å². The lowest BCUT2D eigenvalue weighted by Crippen LogP contribution is -2.03. The Hall–Kier alpha value is -2.83. The van der Waals surface area contributed by atoms with Crippen LogP contribution in [0.25, 0.3) is 0 Å². The third kappa shape index (κ3) is 3.82. The minimum atomic E-state index is -0.443. The summed E-state index contributed by atoms with van der Waals surface area (Å²) in [5, 5.41) is 17.0. The Balaban J connectivity index is 2.26. The molecule has 0 amide bonds. The summed E-state index contributed by atoms with van der Waals surface area (Å²) in [7, 11) is 1.59. The molecule has 21 heavy (non-hydrogen) atoms. The van der Waals surface area contributed by atoms with Crippen molar-refractivity contribution in [3.8, 4) is 5.75 Å². The first kappa shape index (κ1) is 14.6. The number of aromatic nitrogens is 1. The largest absolute Gasteiger partial charge is 0.497 e. The van der Waals surface area contributed by atoms with Crippen molar-refractivity contribution in [3.63, 3.8) is 0 Å². The van der Waals surface area contributed by atoms with Crippen LogP contribution in [-0.4, -0.2) is 23.6 Å². The fourth-order valence-electron chi connectivity index (χ4n) is 1.78. The summed E-state index contributed by atoms with van der Waals surface area (Å²) < 4.78 is 5.08. The molecule has 2 aromatic rings. The summed E-state index contributed by atoms with van der Waals surface area (Å²) in [6, 6.07) is 10.0. The molecule has 0 saturated heterocycles. The van der Waals surface area contributed by atoms with Gasteiger partial charge in [-0.05, 0) is 31.2 Å². The van der Waals surface area contributed by atoms with Crippen LogP contribution in [0.5, 0.6) is 5.75 Å². The van der Waals surface area contributed by atoms with Crippen LogP contribution in [0.15, 0.2) is 36.4 Å². The molecule has 0 fully saturated rings. The Bertz CT molecular complexity index is 629. The topological polar surface area (TPSA) is 89.3 Å². The van der Waals surface area contributed by atoms with Gasteiger partial charge in [-0.1, -0.05) is 0 Å². The van der Waals surface area contributed by atoms with E-state index in [9.17, 15) is 10.1 Å². The van der Waals surface area contributed by atoms with Gasteiger partial charge in [0.05, 0.1) is 24.2 Å². The van der Waals surface area contributed by atoms with Crippen LogP contribution in [0, 0.1) is 10.1 Å². The number of nitro groups is 1. The van der Waals surface area contributed by atoms with Gasteiger partial charge in [0, 0.05) is 12.2 Å². The molecule has 0 aliphatic carbocycles. The minimum Gasteiger partial charge on any atom is -0.497 e. The van der Waals surface area contributed by atoms with Gasteiger partial charge in [0.2, 0.25) is 0 Å². The second-order valence-electron chi connectivity index (χ2n) is 4.24. The number of methoxy groups -OCH3 is 1. The summed E-state index contributed by atoms with van der Waals surface area (Å²) in [6.07, 6.45) is 0.